The summed E-state index contributed by atoms with van der Waals surface area (Å²) in [4.78, 5) is 16.7. The van der Waals surface area contributed by atoms with Gasteiger partial charge >= 0.3 is 0 Å². The van der Waals surface area contributed by atoms with Gasteiger partial charge in [-0.1, -0.05) is 25.4 Å². The summed E-state index contributed by atoms with van der Waals surface area (Å²) in [6.07, 6.45) is 5.63. The summed E-state index contributed by atoms with van der Waals surface area (Å²) >= 11 is 5.96. The van der Waals surface area contributed by atoms with Crippen molar-refractivity contribution in [3.8, 4) is 28.7 Å². The Labute approximate surface area is 138 Å². The fraction of sp³-hybridized carbons (Fsp3) is 0.312. The third-order valence-corrected chi connectivity index (χ3v) is 4.08. The molecule has 0 aromatic carbocycles. The van der Waals surface area contributed by atoms with E-state index in [9.17, 15) is 0 Å². The zero-order valence-corrected chi connectivity index (χ0v) is 13.6. The minimum absolute atomic E-state index is 0.376. The highest BCUT2D eigenvalue weighted by Gasteiger charge is 2.21. The van der Waals surface area contributed by atoms with Crippen LogP contribution in [-0.4, -0.2) is 31.1 Å². The predicted octanol–water partition coefficient (Wildman–Crippen LogP) is 3.50. The summed E-state index contributed by atoms with van der Waals surface area (Å²) in [5.74, 6) is 2.68. The number of pyridine rings is 1. The molecular formula is C16H16ClN5O. The number of nitrogens with one attached hydrogen (secondary N) is 1. The van der Waals surface area contributed by atoms with E-state index in [4.69, 9.17) is 21.3 Å². The number of nitrogens with zero attached hydrogens (tertiary/aromatic N) is 4. The first-order valence-electron chi connectivity index (χ1n) is 7.53. The maximum Gasteiger partial charge on any atom is 0.157 e. The van der Waals surface area contributed by atoms with Gasteiger partial charge in [-0.2, -0.15) is 0 Å². The van der Waals surface area contributed by atoms with Gasteiger partial charge in [-0.15, -0.1) is 0 Å². The highest BCUT2D eigenvalue weighted by Crippen LogP contribution is 2.34. The quantitative estimate of drug-likeness (QED) is 0.730. The monoisotopic (exact) mass is 329 g/mol. The van der Waals surface area contributed by atoms with Gasteiger partial charge in [0.1, 0.15) is 29.0 Å². The van der Waals surface area contributed by atoms with Crippen molar-refractivity contribution in [1.82, 2.24) is 24.5 Å². The van der Waals surface area contributed by atoms with Gasteiger partial charge in [0.2, 0.25) is 0 Å². The highest BCUT2D eigenvalue weighted by molar-refractivity contribution is 6.29. The van der Waals surface area contributed by atoms with Crippen molar-refractivity contribution >= 4 is 11.6 Å². The van der Waals surface area contributed by atoms with Crippen molar-refractivity contribution in [1.29, 1.82) is 0 Å². The number of rotatable bonds is 2. The first-order chi connectivity index (χ1) is 11.1. The van der Waals surface area contributed by atoms with E-state index in [1.54, 1.807) is 12.3 Å². The number of halogens is 1. The summed E-state index contributed by atoms with van der Waals surface area (Å²) in [6.45, 7) is 5.51. The summed E-state index contributed by atoms with van der Waals surface area (Å²) in [5.41, 5.74) is 2.68. The summed E-state index contributed by atoms with van der Waals surface area (Å²) in [6, 6.07) is 1.73. The van der Waals surface area contributed by atoms with Crippen molar-refractivity contribution < 1.29 is 4.74 Å². The molecule has 6 nitrogen and oxygen atoms in total. The van der Waals surface area contributed by atoms with Crippen molar-refractivity contribution in [2.75, 3.05) is 6.61 Å². The Morgan fingerprint density at radius 3 is 3.00 bits per heavy atom. The van der Waals surface area contributed by atoms with Gasteiger partial charge < -0.3 is 14.3 Å². The molecule has 0 saturated heterocycles. The van der Waals surface area contributed by atoms with Gasteiger partial charge in [0.15, 0.2) is 5.82 Å². The molecule has 118 valence electrons. The van der Waals surface area contributed by atoms with E-state index in [1.807, 2.05) is 12.4 Å². The SMILES string of the molecule is CC(C)c1c[nH]c(-c2cn3c(n2)-c2cnc(Cl)cc2OCC3)n1. The van der Waals surface area contributed by atoms with Gasteiger partial charge in [-0.3, -0.25) is 0 Å². The fourth-order valence-corrected chi connectivity index (χ4v) is 2.78. The zero-order chi connectivity index (χ0) is 16.0. The van der Waals surface area contributed by atoms with Crippen LogP contribution in [0.5, 0.6) is 5.75 Å². The first kappa shape index (κ1) is 14.3. The normalized spacial score (nSPS) is 13.4. The molecule has 4 heterocycles. The summed E-state index contributed by atoms with van der Waals surface area (Å²) < 4.78 is 7.81. The molecule has 3 aromatic rings. The van der Waals surface area contributed by atoms with Gasteiger partial charge in [0, 0.05) is 24.7 Å². The van der Waals surface area contributed by atoms with Crippen molar-refractivity contribution in [3.05, 3.63) is 35.5 Å². The van der Waals surface area contributed by atoms with E-state index in [-0.39, 0.29) is 0 Å². The Kier molecular flexibility index (Phi) is 3.34. The maximum absolute atomic E-state index is 5.96. The largest absolute Gasteiger partial charge is 0.491 e. The van der Waals surface area contributed by atoms with E-state index in [0.29, 0.717) is 30.0 Å². The second-order valence-corrected chi connectivity index (χ2v) is 6.21. The number of aromatic amines is 1. The molecule has 0 amide bonds. The van der Waals surface area contributed by atoms with Crippen LogP contribution >= 0.6 is 11.6 Å². The number of ether oxygens (including phenoxy) is 1. The highest BCUT2D eigenvalue weighted by atomic mass is 35.5. The predicted molar refractivity (Wildman–Crippen MR) is 87.6 cm³/mol. The summed E-state index contributed by atoms with van der Waals surface area (Å²) in [7, 11) is 0. The molecule has 0 atom stereocenters. The Balaban J connectivity index is 1.80. The Morgan fingerprint density at radius 1 is 1.35 bits per heavy atom. The third kappa shape index (κ3) is 2.49. The van der Waals surface area contributed by atoms with Crippen LogP contribution in [0.3, 0.4) is 0 Å². The smallest absolute Gasteiger partial charge is 0.157 e. The van der Waals surface area contributed by atoms with E-state index in [0.717, 1.165) is 28.6 Å². The maximum atomic E-state index is 5.96. The van der Waals surface area contributed by atoms with Gasteiger partial charge in [0.25, 0.3) is 0 Å². The van der Waals surface area contributed by atoms with Gasteiger partial charge in [0.05, 0.1) is 17.8 Å². The number of fused-ring (bicyclic) bond motifs is 3. The Bertz CT molecular complexity index is 867. The number of hydrogen-bond acceptors (Lipinski definition) is 4. The molecule has 1 aliphatic heterocycles. The lowest BCUT2D eigenvalue weighted by molar-refractivity contribution is 0.306. The van der Waals surface area contributed by atoms with E-state index in [2.05, 4.69) is 33.4 Å². The summed E-state index contributed by atoms with van der Waals surface area (Å²) in [5, 5.41) is 0.414. The van der Waals surface area contributed by atoms with Crippen LogP contribution < -0.4 is 4.74 Å². The number of imidazole rings is 2. The average Bonchev–Trinajstić information content (AvgIpc) is 3.12. The van der Waals surface area contributed by atoms with Crippen LogP contribution in [0.15, 0.2) is 24.7 Å². The molecule has 0 radical (unpaired) electrons. The number of H-pyrrole nitrogens is 1. The molecule has 7 heteroatoms. The zero-order valence-electron chi connectivity index (χ0n) is 12.9. The Morgan fingerprint density at radius 2 is 2.22 bits per heavy atom. The van der Waals surface area contributed by atoms with E-state index < -0.39 is 0 Å². The molecule has 23 heavy (non-hydrogen) atoms. The van der Waals surface area contributed by atoms with Gasteiger partial charge in [-0.05, 0) is 5.92 Å². The van der Waals surface area contributed by atoms with Crippen LogP contribution in [0.2, 0.25) is 5.15 Å². The Hall–Kier alpha value is -2.34. The van der Waals surface area contributed by atoms with Crippen molar-refractivity contribution in [2.24, 2.45) is 0 Å². The van der Waals surface area contributed by atoms with Crippen LogP contribution in [0.4, 0.5) is 0 Å². The fourth-order valence-electron chi connectivity index (χ4n) is 2.63. The van der Waals surface area contributed by atoms with Crippen LogP contribution in [-0.2, 0) is 6.54 Å². The van der Waals surface area contributed by atoms with Crippen LogP contribution in [0.25, 0.3) is 22.9 Å². The molecule has 0 saturated carbocycles. The molecule has 0 unspecified atom stereocenters. The van der Waals surface area contributed by atoms with Crippen LogP contribution in [0, 0.1) is 0 Å². The van der Waals surface area contributed by atoms with Crippen molar-refractivity contribution in [2.45, 2.75) is 26.3 Å². The van der Waals surface area contributed by atoms with Crippen molar-refractivity contribution in [3.63, 3.8) is 0 Å². The van der Waals surface area contributed by atoms with E-state index in [1.165, 1.54) is 0 Å². The first-order valence-corrected chi connectivity index (χ1v) is 7.91. The lowest BCUT2D eigenvalue weighted by Crippen LogP contribution is -2.04. The van der Waals surface area contributed by atoms with E-state index >= 15 is 0 Å². The molecule has 0 fully saturated rings. The standard InChI is InChI=1S/C16H16ClN5O/c1-9(2)11-7-19-15(20-11)12-8-22-3-4-23-13-5-14(17)18-6-10(13)16(22)21-12/h5-9H,3-4H2,1-2H3,(H,19,20). The molecule has 0 aliphatic carbocycles. The molecule has 1 N–H and O–H groups in total. The third-order valence-electron chi connectivity index (χ3n) is 3.87. The second-order valence-electron chi connectivity index (χ2n) is 5.82. The molecule has 3 aromatic heterocycles. The number of hydrogen-bond donors (Lipinski definition) is 1. The average molecular weight is 330 g/mol. The minimum atomic E-state index is 0.376. The second kappa shape index (κ2) is 5.38. The lowest BCUT2D eigenvalue weighted by atomic mass is 10.2. The minimum Gasteiger partial charge on any atom is -0.491 e. The topological polar surface area (TPSA) is 68.6 Å². The lowest BCUT2D eigenvalue weighted by Gasteiger charge is -2.05. The molecule has 1 aliphatic rings. The van der Waals surface area contributed by atoms with Crippen LogP contribution in [0.1, 0.15) is 25.5 Å². The molecule has 4 rings (SSSR count). The molecular weight excluding hydrogens is 314 g/mol. The number of aromatic nitrogens is 5. The van der Waals surface area contributed by atoms with Gasteiger partial charge in [-0.25, -0.2) is 15.0 Å². The molecule has 0 spiro atoms. The molecule has 0 bridgehead atoms.